The van der Waals surface area contributed by atoms with Gasteiger partial charge in [0.2, 0.25) is 11.2 Å². The Morgan fingerprint density at radius 3 is 2.42 bits per heavy atom. The predicted molar refractivity (Wildman–Crippen MR) is 138 cm³/mol. The van der Waals surface area contributed by atoms with Crippen LogP contribution >= 0.6 is 11.6 Å². The summed E-state index contributed by atoms with van der Waals surface area (Å²) in [5, 5.41) is 10.8. The molecule has 4 aromatic rings. The summed E-state index contributed by atoms with van der Waals surface area (Å²) in [7, 11) is 0. The van der Waals surface area contributed by atoms with Crippen molar-refractivity contribution in [3.05, 3.63) is 93.6 Å². The minimum atomic E-state index is -0.393. The zero-order valence-corrected chi connectivity index (χ0v) is 20.3. The van der Waals surface area contributed by atoms with Crippen molar-refractivity contribution in [2.24, 2.45) is 0 Å². The Morgan fingerprint density at radius 2 is 1.69 bits per heavy atom. The fourth-order valence-corrected chi connectivity index (χ4v) is 4.43. The molecule has 1 saturated heterocycles. The van der Waals surface area contributed by atoms with E-state index in [1.54, 1.807) is 17.0 Å². The van der Waals surface area contributed by atoms with Crippen molar-refractivity contribution in [3.8, 4) is 22.8 Å². The van der Waals surface area contributed by atoms with Gasteiger partial charge in [-0.1, -0.05) is 54.1 Å². The third-order valence-corrected chi connectivity index (χ3v) is 6.51. The zero-order chi connectivity index (χ0) is 25.1. The third kappa shape index (κ3) is 5.22. The topological polar surface area (TPSA) is 83.2 Å². The number of amides is 1. The van der Waals surface area contributed by atoms with E-state index in [9.17, 15) is 14.7 Å². The number of phenols is 1. The molecule has 1 aromatic heterocycles. The molecule has 0 spiro atoms. The molecule has 2 heterocycles. The van der Waals surface area contributed by atoms with Crippen LogP contribution in [-0.4, -0.2) is 53.6 Å². The summed E-state index contributed by atoms with van der Waals surface area (Å²) in [5.41, 5.74) is 1.66. The number of phenolic OH excluding ortho intramolecular Hbond substituents is 1. The van der Waals surface area contributed by atoms with Crippen molar-refractivity contribution in [2.75, 3.05) is 32.8 Å². The van der Waals surface area contributed by atoms with Crippen LogP contribution in [0.4, 0.5) is 0 Å². The van der Waals surface area contributed by atoms with E-state index < -0.39 is 5.43 Å². The summed E-state index contributed by atoms with van der Waals surface area (Å²) in [6.07, 6.45) is 0. The monoisotopic (exact) mass is 504 g/mol. The van der Waals surface area contributed by atoms with Crippen LogP contribution in [0.1, 0.15) is 5.56 Å². The lowest BCUT2D eigenvalue weighted by Gasteiger charge is -2.34. The number of fused-ring (bicyclic) bond motifs is 1. The number of hydrogen-bond acceptors (Lipinski definition) is 6. The Kier molecular flexibility index (Phi) is 6.93. The van der Waals surface area contributed by atoms with Crippen LogP contribution in [0.3, 0.4) is 0 Å². The summed E-state index contributed by atoms with van der Waals surface area (Å²) in [5.74, 6) is 0.00229. The van der Waals surface area contributed by atoms with Crippen molar-refractivity contribution in [2.45, 2.75) is 6.54 Å². The predicted octanol–water partition coefficient (Wildman–Crippen LogP) is 4.54. The van der Waals surface area contributed by atoms with E-state index in [1.807, 2.05) is 42.5 Å². The smallest absolute Gasteiger partial charge is 0.260 e. The number of halogens is 1. The highest BCUT2D eigenvalue weighted by Crippen LogP contribution is 2.32. The van der Waals surface area contributed by atoms with E-state index in [4.69, 9.17) is 20.8 Å². The molecule has 3 aromatic carbocycles. The van der Waals surface area contributed by atoms with Crippen LogP contribution < -0.4 is 10.2 Å². The Balaban J connectivity index is 1.29. The van der Waals surface area contributed by atoms with Gasteiger partial charge in [0.05, 0.1) is 5.39 Å². The number of benzene rings is 3. The van der Waals surface area contributed by atoms with Gasteiger partial charge in [0.25, 0.3) is 5.91 Å². The highest BCUT2D eigenvalue weighted by Gasteiger charge is 2.24. The molecule has 0 saturated carbocycles. The summed E-state index contributed by atoms with van der Waals surface area (Å²) < 4.78 is 11.8. The molecule has 184 valence electrons. The number of hydrogen-bond donors (Lipinski definition) is 1. The molecule has 1 fully saturated rings. The number of ether oxygens (including phenoxy) is 1. The Hall–Kier alpha value is -3.81. The number of nitrogens with zero attached hydrogens (tertiary/aromatic N) is 2. The van der Waals surface area contributed by atoms with Crippen molar-refractivity contribution < 1.29 is 19.1 Å². The number of rotatable bonds is 6. The first-order chi connectivity index (χ1) is 17.5. The van der Waals surface area contributed by atoms with E-state index in [1.165, 1.54) is 23.8 Å². The lowest BCUT2D eigenvalue weighted by molar-refractivity contribution is -0.135. The van der Waals surface area contributed by atoms with Crippen molar-refractivity contribution in [1.29, 1.82) is 0 Å². The van der Waals surface area contributed by atoms with Crippen LogP contribution in [0.5, 0.6) is 11.5 Å². The van der Waals surface area contributed by atoms with Crippen molar-refractivity contribution >= 4 is 28.5 Å². The quantitative estimate of drug-likeness (QED) is 0.415. The second-order valence-corrected chi connectivity index (χ2v) is 9.14. The van der Waals surface area contributed by atoms with E-state index in [2.05, 4.69) is 4.90 Å². The van der Waals surface area contributed by atoms with Gasteiger partial charge in [-0.05, 0) is 29.8 Å². The average Bonchev–Trinajstić information content (AvgIpc) is 2.90. The largest absolute Gasteiger partial charge is 0.508 e. The van der Waals surface area contributed by atoms with Crippen LogP contribution in [-0.2, 0) is 11.3 Å². The second-order valence-electron chi connectivity index (χ2n) is 8.71. The zero-order valence-electron chi connectivity index (χ0n) is 19.5. The Bertz CT molecular complexity index is 1430. The Morgan fingerprint density at radius 1 is 0.972 bits per heavy atom. The van der Waals surface area contributed by atoms with Gasteiger partial charge >= 0.3 is 0 Å². The van der Waals surface area contributed by atoms with E-state index in [-0.39, 0.29) is 40.7 Å². The van der Waals surface area contributed by atoms with Gasteiger partial charge in [0.15, 0.2) is 12.4 Å². The van der Waals surface area contributed by atoms with E-state index in [0.29, 0.717) is 23.7 Å². The van der Waals surface area contributed by atoms with Gasteiger partial charge in [-0.25, -0.2) is 0 Å². The molecular weight excluding hydrogens is 480 g/mol. The molecule has 1 amide bonds. The lowest BCUT2D eigenvalue weighted by atomic mass is 10.1. The van der Waals surface area contributed by atoms with E-state index >= 15 is 0 Å². The molecule has 0 radical (unpaired) electrons. The van der Waals surface area contributed by atoms with Crippen LogP contribution in [0.15, 0.2) is 82.0 Å². The highest BCUT2D eigenvalue weighted by atomic mass is 35.5. The van der Waals surface area contributed by atoms with E-state index in [0.717, 1.165) is 19.6 Å². The maximum atomic E-state index is 13.3. The van der Waals surface area contributed by atoms with Crippen LogP contribution in [0.2, 0.25) is 5.02 Å². The SMILES string of the molecule is O=C(COc1c(-c2ccccc2)oc2cc(O)ccc2c1=O)N1CCN(Cc2ccc(Cl)cc2)CC1. The number of carbonyl (C=O) groups is 1. The van der Waals surface area contributed by atoms with Gasteiger partial charge in [0, 0.05) is 49.4 Å². The number of carbonyl (C=O) groups excluding carboxylic acids is 1. The summed E-state index contributed by atoms with van der Waals surface area (Å²) in [6.45, 7) is 3.16. The van der Waals surface area contributed by atoms with Crippen LogP contribution in [0.25, 0.3) is 22.3 Å². The number of aromatic hydroxyl groups is 1. The first kappa shape index (κ1) is 23.9. The van der Waals surface area contributed by atoms with Crippen LogP contribution in [0, 0.1) is 0 Å². The van der Waals surface area contributed by atoms with Gasteiger partial charge < -0.3 is 19.2 Å². The minimum absolute atomic E-state index is 0.0105. The fraction of sp³-hybridized carbons (Fsp3) is 0.214. The standard InChI is InChI=1S/C28H25ClN2O5/c29-21-8-6-19(7-9-21)17-30-12-14-31(15-13-30)25(33)18-35-28-26(34)23-11-10-22(32)16-24(23)36-27(28)20-4-2-1-3-5-20/h1-11,16,32H,12-15,17-18H2. The molecule has 7 nitrogen and oxygen atoms in total. The molecule has 0 bridgehead atoms. The summed E-state index contributed by atoms with van der Waals surface area (Å²) in [6, 6.07) is 21.1. The molecule has 0 atom stereocenters. The molecule has 8 heteroatoms. The van der Waals surface area contributed by atoms with Gasteiger partial charge in [0.1, 0.15) is 11.3 Å². The second kappa shape index (κ2) is 10.4. The van der Waals surface area contributed by atoms with Gasteiger partial charge in [-0.2, -0.15) is 0 Å². The van der Waals surface area contributed by atoms with Gasteiger partial charge in [-0.3, -0.25) is 14.5 Å². The fourth-order valence-electron chi connectivity index (χ4n) is 4.30. The van der Waals surface area contributed by atoms with Crippen molar-refractivity contribution in [3.63, 3.8) is 0 Å². The highest BCUT2D eigenvalue weighted by molar-refractivity contribution is 6.30. The lowest BCUT2D eigenvalue weighted by Crippen LogP contribution is -2.49. The normalized spacial score (nSPS) is 14.2. The maximum absolute atomic E-state index is 13.3. The summed E-state index contributed by atoms with van der Waals surface area (Å²) in [4.78, 5) is 30.2. The molecule has 0 unspecified atom stereocenters. The molecular formula is C28H25ClN2O5. The summed E-state index contributed by atoms with van der Waals surface area (Å²) >= 11 is 5.97. The Labute approximate surface area is 213 Å². The molecule has 1 N–H and O–H groups in total. The third-order valence-electron chi connectivity index (χ3n) is 6.25. The molecule has 5 rings (SSSR count). The minimum Gasteiger partial charge on any atom is -0.508 e. The molecule has 0 aliphatic carbocycles. The first-order valence-electron chi connectivity index (χ1n) is 11.7. The van der Waals surface area contributed by atoms with Crippen molar-refractivity contribution in [1.82, 2.24) is 9.80 Å². The molecule has 36 heavy (non-hydrogen) atoms. The number of piperazine rings is 1. The van der Waals surface area contributed by atoms with Gasteiger partial charge in [-0.15, -0.1) is 0 Å². The first-order valence-corrected chi connectivity index (χ1v) is 12.1. The molecule has 1 aliphatic rings. The molecule has 1 aliphatic heterocycles. The maximum Gasteiger partial charge on any atom is 0.260 e. The average molecular weight is 505 g/mol.